The van der Waals surface area contributed by atoms with Crippen molar-refractivity contribution in [3.05, 3.63) is 65.4 Å². The molecule has 0 fully saturated rings. The lowest BCUT2D eigenvalue weighted by molar-refractivity contribution is -0.274. The van der Waals surface area contributed by atoms with Crippen LogP contribution in [0.25, 0.3) is 10.9 Å². The number of alkyl halides is 3. The zero-order chi connectivity index (χ0) is 22.0. The average molecular weight is 430 g/mol. The Morgan fingerprint density at radius 2 is 1.77 bits per heavy atom. The fourth-order valence-corrected chi connectivity index (χ4v) is 3.58. The molecular formula is C22H17F3N2O4. The number of anilines is 1. The number of pyridine rings is 1. The van der Waals surface area contributed by atoms with E-state index in [4.69, 9.17) is 4.74 Å². The minimum Gasteiger partial charge on any atom is -0.452 e. The molecule has 2 aromatic carbocycles. The molecule has 0 unspecified atom stereocenters. The third-order valence-electron chi connectivity index (χ3n) is 4.83. The highest BCUT2D eigenvalue weighted by Gasteiger charge is 2.31. The van der Waals surface area contributed by atoms with E-state index in [1.54, 1.807) is 12.1 Å². The highest BCUT2D eigenvalue weighted by atomic mass is 19.4. The maximum Gasteiger partial charge on any atom is 0.573 e. The summed E-state index contributed by atoms with van der Waals surface area (Å²) in [6.45, 7) is -0.537. The molecule has 1 amide bonds. The Morgan fingerprint density at radius 1 is 1.03 bits per heavy atom. The van der Waals surface area contributed by atoms with Crippen LogP contribution in [0.5, 0.6) is 5.75 Å². The van der Waals surface area contributed by atoms with Crippen molar-refractivity contribution >= 4 is 28.5 Å². The summed E-state index contributed by atoms with van der Waals surface area (Å²) >= 11 is 0. The highest BCUT2D eigenvalue weighted by Crippen LogP contribution is 2.30. The van der Waals surface area contributed by atoms with Crippen molar-refractivity contribution in [2.75, 3.05) is 11.9 Å². The molecule has 9 heteroatoms. The summed E-state index contributed by atoms with van der Waals surface area (Å²) in [6, 6.07) is 11.9. The van der Waals surface area contributed by atoms with Gasteiger partial charge in [-0.3, -0.25) is 9.78 Å². The standard InChI is InChI=1S/C22H17F3N2O4/c23-22(24,25)31-14-10-8-13(9-11-14)26-19(28)12-30-21(29)20-15-4-1-2-6-17(15)27-18-7-3-5-16(18)20/h1-2,4,6,8-11H,3,5,7,12H2,(H,26,28). The lowest BCUT2D eigenvalue weighted by Crippen LogP contribution is -2.22. The maximum absolute atomic E-state index is 12.8. The van der Waals surface area contributed by atoms with E-state index < -0.39 is 30.6 Å². The van der Waals surface area contributed by atoms with Gasteiger partial charge in [0.05, 0.1) is 11.1 Å². The number of fused-ring (bicyclic) bond motifs is 2. The summed E-state index contributed by atoms with van der Waals surface area (Å²) in [4.78, 5) is 29.6. The molecule has 0 aliphatic heterocycles. The van der Waals surface area contributed by atoms with Crippen LogP contribution in [0.4, 0.5) is 18.9 Å². The molecule has 1 aromatic heterocycles. The van der Waals surface area contributed by atoms with Crippen molar-refractivity contribution in [1.29, 1.82) is 0 Å². The Hall–Kier alpha value is -3.62. The van der Waals surface area contributed by atoms with Gasteiger partial charge in [-0.15, -0.1) is 13.2 Å². The molecule has 1 aliphatic rings. The van der Waals surface area contributed by atoms with E-state index in [-0.39, 0.29) is 5.69 Å². The number of carbonyl (C=O) groups excluding carboxylic acids is 2. The Labute approximate surface area is 175 Å². The van der Waals surface area contributed by atoms with Gasteiger partial charge in [0, 0.05) is 16.8 Å². The largest absolute Gasteiger partial charge is 0.573 e. The van der Waals surface area contributed by atoms with Crippen molar-refractivity contribution in [3.8, 4) is 5.75 Å². The Morgan fingerprint density at radius 3 is 2.52 bits per heavy atom. The first-order valence-electron chi connectivity index (χ1n) is 9.53. The molecule has 0 saturated heterocycles. The predicted octanol–water partition coefficient (Wildman–Crippen LogP) is 4.42. The molecule has 0 spiro atoms. The van der Waals surface area contributed by atoms with Gasteiger partial charge < -0.3 is 14.8 Å². The van der Waals surface area contributed by atoms with Gasteiger partial charge in [0.15, 0.2) is 6.61 Å². The van der Waals surface area contributed by atoms with E-state index in [1.807, 2.05) is 12.1 Å². The number of amides is 1. The molecule has 1 N–H and O–H groups in total. The second-order valence-electron chi connectivity index (χ2n) is 6.98. The molecule has 3 aromatic rings. The number of halogens is 3. The summed E-state index contributed by atoms with van der Waals surface area (Å²) in [6.07, 6.45) is -2.39. The Bertz CT molecular complexity index is 1140. The second-order valence-corrected chi connectivity index (χ2v) is 6.98. The third-order valence-corrected chi connectivity index (χ3v) is 4.83. The number of hydrogen-bond donors (Lipinski definition) is 1. The Balaban J connectivity index is 1.42. The van der Waals surface area contributed by atoms with E-state index in [1.165, 1.54) is 12.1 Å². The van der Waals surface area contributed by atoms with Crippen LogP contribution in [0.3, 0.4) is 0 Å². The quantitative estimate of drug-likeness (QED) is 0.607. The van der Waals surface area contributed by atoms with Crippen molar-refractivity contribution in [3.63, 3.8) is 0 Å². The normalized spacial score (nSPS) is 13.0. The molecule has 0 saturated carbocycles. The minimum absolute atomic E-state index is 0.242. The molecule has 0 atom stereocenters. The number of ether oxygens (including phenoxy) is 2. The van der Waals surface area contributed by atoms with Gasteiger partial charge in [-0.25, -0.2) is 4.79 Å². The molecule has 4 rings (SSSR count). The second kappa shape index (κ2) is 8.25. The predicted molar refractivity (Wildman–Crippen MR) is 106 cm³/mol. The summed E-state index contributed by atoms with van der Waals surface area (Å²) in [5.41, 5.74) is 3.09. The number of benzene rings is 2. The van der Waals surface area contributed by atoms with Crippen molar-refractivity contribution < 1.29 is 32.2 Å². The first kappa shape index (κ1) is 20.6. The molecule has 0 radical (unpaired) electrons. The number of esters is 1. The van der Waals surface area contributed by atoms with E-state index in [0.29, 0.717) is 16.5 Å². The van der Waals surface area contributed by atoms with Gasteiger partial charge in [-0.05, 0) is 55.2 Å². The first-order chi connectivity index (χ1) is 14.8. The van der Waals surface area contributed by atoms with Gasteiger partial charge in [0.25, 0.3) is 5.91 Å². The summed E-state index contributed by atoms with van der Waals surface area (Å²) < 4.78 is 45.6. The lowest BCUT2D eigenvalue weighted by atomic mass is 10.0. The van der Waals surface area contributed by atoms with Crippen LogP contribution in [0.15, 0.2) is 48.5 Å². The summed E-state index contributed by atoms with van der Waals surface area (Å²) in [5, 5.41) is 3.14. The van der Waals surface area contributed by atoms with Crippen LogP contribution in [-0.2, 0) is 22.4 Å². The molecule has 6 nitrogen and oxygen atoms in total. The van der Waals surface area contributed by atoms with E-state index in [2.05, 4.69) is 15.0 Å². The lowest BCUT2D eigenvalue weighted by Gasteiger charge is -2.12. The number of carbonyl (C=O) groups is 2. The van der Waals surface area contributed by atoms with Gasteiger partial charge in [0.2, 0.25) is 0 Å². The summed E-state index contributed by atoms with van der Waals surface area (Å²) in [5.74, 6) is -1.64. The van der Waals surface area contributed by atoms with E-state index in [0.717, 1.165) is 42.7 Å². The first-order valence-corrected chi connectivity index (χ1v) is 9.53. The van der Waals surface area contributed by atoms with Crippen LogP contribution in [0.2, 0.25) is 0 Å². The number of nitrogens with zero attached hydrogens (tertiary/aromatic N) is 1. The fraction of sp³-hybridized carbons (Fsp3) is 0.227. The molecule has 1 heterocycles. The average Bonchev–Trinajstić information content (AvgIpc) is 3.18. The monoisotopic (exact) mass is 430 g/mol. The zero-order valence-electron chi connectivity index (χ0n) is 16.2. The minimum atomic E-state index is -4.80. The number of nitrogens with one attached hydrogen (secondary N) is 1. The van der Waals surface area contributed by atoms with Crippen LogP contribution in [0.1, 0.15) is 28.0 Å². The van der Waals surface area contributed by atoms with Gasteiger partial charge >= 0.3 is 12.3 Å². The van der Waals surface area contributed by atoms with Crippen molar-refractivity contribution in [2.45, 2.75) is 25.6 Å². The van der Waals surface area contributed by atoms with Crippen LogP contribution in [0, 0.1) is 0 Å². The molecule has 160 valence electrons. The van der Waals surface area contributed by atoms with E-state index in [9.17, 15) is 22.8 Å². The van der Waals surface area contributed by atoms with Crippen molar-refractivity contribution in [1.82, 2.24) is 4.98 Å². The SMILES string of the molecule is O=C(COC(=O)c1c2c(nc3ccccc13)CCC2)Nc1ccc(OC(F)(F)F)cc1. The zero-order valence-corrected chi connectivity index (χ0v) is 16.2. The van der Waals surface area contributed by atoms with Crippen LogP contribution in [-0.4, -0.2) is 29.8 Å². The number of hydrogen-bond acceptors (Lipinski definition) is 5. The molecule has 1 aliphatic carbocycles. The topological polar surface area (TPSA) is 77.5 Å². The van der Waals surface area contributed by atoms with Crippen LogP contribution >= 0.6 is 0 Å². The van der Waals surface area contributed by atoms with Gasteiger partial charge in [-0.1, -0.05) is 18.2 Å². The third kappa shape index (κ3) is 4.76. The number of aryl methyl sites for hydroxylation is 1. The van der Waals surface area contributed by atoms with E-state index >= 15 is 0 Å². The maximum atomic E-state index is 12.8. The van der Waals surface area contributed by atoms with Crippen molar-refractivity contribution in [2.24, 2.45) is 0 Å². The Kier molecular flexibility index (Phi) is 5.50. The van der Waals surface area contributed by atoms with Crippen LogP contribution < -0.4 is 10.1 Å². The highest BCUT2D eigenvalue weighted by molar-refractivity contribution is 6.06. The number of rotatable bonds is 5. The smallest absolute Gasteiger partial charge is 0.452 e. The van der Waals surface area contributed by atoms with Gasteiger partial charge in [0.1, 0.15) is 5.75 Å². The van der Waals surface area contributed by atoms with Gasteiger partial charge in [-0.2, -0.15) is 0 Å². The fourth-order valence-electron chi connectivity index (χ4n) is 3.58. The molecular weight excluding hydrogens is 413 g/mol. The number of para-hydroxylation sites is 1. The molecule has 0 bridgehead atoms. The number of aromatic nitrogens is 1. The molecule has 31 heavy (non-hydrogen) atoms. The summed E-state index contributed by atoms with van der Waals surface area (Å²) in [7, 11) is 0.